The van der Waals surface area contributed by atoms with Crippen LogP contribution >= 0.6 is 11.6 Å². The molecule has 1 aromatic heterocycles. The van der Waals surface area contributed by atoms with Gasteiger partial charge in [-0.05, 0) is 73.2 Å². The van der Waals surface area contributed by atoms with Gasteiger partial charge in [0.2, 0.25) is 11.7 Å². The van der Waals surface area contributed by atoms with Crippen molar-refractivity contribution in [2.75, 3.05) is 10.0 Å². The first-order valence-electron chi connectivity index (χ1n) is 9.83. The third-order valence-corrected chi connectivity index (χ3v) is 6.47. The van der Waals surface area contributed by atoms with Crippen LogP contribution in [-0.4, -0.2) is 24.5 Å². The molecule has 0 saturated heterocycles. The second-order valence-electron chi connectivity index (χ2n) is 7.22. The highest BCUT2D eigenvalue weighted by Gasteiger charge is 2.16. The fraction of sp³-hybridized carbons (Fsp3) is 0.0870. The Morgan fingerprint density at radius 3 is 2.36 bits per heavy atom. The second kappa shape index (κ2) is 9.05. The molecule has 0 atom stereocenters. The van der Waals surface area contributed by atoms with E-state index in [0.29, 0.717) is 39.2 Å². The van der Waals surface area contributed by atoms with Crippen LogP contribution < -0.4 is 10.0 Å². The number of benzene rings is 3. The zero-order valence-electron chi connectivity index (χ0n) is 17.7. The molecule has 0 aliphatic carbocycles. The number of nitrogens with zero attached hydrogens (tertiary/aromatic N) is 2. The van der Waals surface area contributed by atoms with Gasteiger partial charge >= 0.3 is 0 Å². The summed E-state index contributed by atoms with van der Waals surface area (Å²) < 4.78 is 33.0. The summed E-state index contributed by atoms with van der Waals surface area (Å²) in [5, 5.41) is 7.25. The number of rotatable bonds is 6. The van der Waals surface area contributed by atoms with Gasteiger partial charge in [0.25, 0.3) is 15.9 Å². The summed E-state index contributed by atoms with van der Waals surface area (Å²) in [4.78, 5) is 16.0. The minimum absolute atomic E-state index is 0.107. The first-order chi connectivity index (χ1) is 15.7. The summed E-state index contributed by atoms with van der Waals surface area (Å²) in [6.45, 7) is 3.29. The van der Waals surface area contributed by atoms with E-state index in [1.807, 2.05) is 13.0 Å². The minimum Gasteiger partial charge on any atom is -0.334 e. The summed E-state index contributed by atoms with van der Waals surface area (Å²) in [5.74, 6) is 0.483. The van der Waals surface area contributed by atoms with E-state index in [2.05, 4.69) is 20.2 Å². The summed E-state index contributed by atoms with van der Waals surface area (Å²) in [6.07, 6.45) is 0. The van der Waals surface area contributed by atoms with Crippen molar-refractivity contribution in [3.8, 4) is 22.8 Å². The predicted molar refractivity (Wildman–Crippen MR) is 126 cm³/mol. The van der Waals surface area contributed by atoms with Gasteiger partial charge in [-0.25, -0.2) is 8.42 Å². The Hall–Kier alpha value is -3.69. The van der Waals surface area contributed by atoms with Gasteiger partial charge in [0, 0.05) is 34.4 Å². The van der Waals surface area contributed by atoms with E-state index in [-0.39, 0.29) is 10.8 Å². The van der Waals surface area contributed by atoms with Gasteiger partial charge in [0.15, 0.2) is 0 Å². The van der Waals surface area contributed by atoms with Gasteiger partial charge in [-0.2, -0.15) is 4.98 Å². The average Bonchev–Trinajstić information content (AvgIpc) is 3.25. The van der Waals surface area contributed by atoms with E-state index in [1.54, 1.807) is 36.4 Å². The largest absolute Gasteiger partial charge is 0.334 e. The summed E-state index contributed by atoms with van der Waals surface area (Å²) in [5.41, 5.74) is 3.20. The molecule has 0 aliphatic rings. The van der Waals surface area contributed by atoms with Gasteiger partial charge in [-0.1, -0.05) is 22.8 Å². The Labute approximate surface area is 195 Å². The van der Waals surface area contributed by atoms with Crippen molar-refractivity contribution >= 4 is 38.9 Å². The summed E-state index contributed by atoms with van der Waals surface area (Å²) in [6, 6.07) is 17.9. The van der Waals surface area contributed by atoms with Crippen molar-refractivity contribution in [2.45, 2.75) is 18.7 Å². The number of aromatic nitrogens is 2. The maximum absolute atomic E-state index is 12.5. The van der Waals surface area contributed by atoms with E-state index >= 15 is 0 Å². The van der Waals surface area contributed by atoms with Crippen molar-refractivity contribution < 1.29 is 17.7 Å². The van der Waals surface area contributed by atoms with Crippen molar-refractivity contribution in [2.24, 2.45) is 0 Å². The number of hydrogen-bond acceptors (Lipinski definition) is 6. The fourth-order valence-corrected chi connectivity index (χ4v) is 4.34. The lowest BCUT2D eigenvalue weighted by Gasteiger charge is -2.08. The van der Waals surface area contributed by atoms with Gasteiger partial charge in [-0.3, -0.25) is 9.52 Å². The molecule has 0 spiro atoms. The average molecular weight is 483 g/mol. The number of sulfonamides is 1. The molecule has 0 bridgehead atoms. The van der Waals surface area contributed by atoms with Crippen molar-refractivity contribution in [3.63, 3.8) is 0 Å². The van der Waals surface area contributed by atoms with Gasteiger partial charge in [0.05, 0.1) is 4.90 Å². The normalized spacial score (nSPS) is 11.2. The van der Waals surface area contributed by atoms with E-state index < -0.39 is 10.0 Å². The Bertz CT molecular complexity index is 1420. The molecule has 4 rings (SSSR count). The maximum atomic E-state index is 12.5. The molecule has 4 aromatic rings. The van der Waals surface area contributed by atoms with Gasteiger partial charge in [0.1, 0.15) is 0 Å². The third-order valence-electron chi connectivity index (χ3n) is 4.82. The number of amides is 1. The monoisotopic (exact) mass is 482 g/mol. The Balaban J connectivity index is 1.54. The highest BCUT2D eigenvalue weighted by Crippen LogP contribution is 2.29. The van der Waals surface area contributed by atoms with E-state index in [4.69, 9.17) is 16.1 Å². The zero-order valence-corrected chi connectivity index (χ0v) is 19.2. The molecule has 0 aliphatic heterocycles. The van der Waals surface area contributed by atoms with E-state index in [0.717, 1.165) is 5.56 Å². The first kappa shape index (κ1) is 22.5. The topological polar surface area (TPSA) is 114 Å². The number of hydrogen-bond donors (Lipinski definition) is 2. The Morgan fingerprint density at radius 1 is 1.00 bits per heavy atom. The standard InChI is InChI=1S/C23H19ClN4O4S/c1-14-20(4-3-5-21(14)25-15(2)29)23-26-22(27-32-23)16-6-10-18(11-7-16)28-33(30,31)19-12-8-17(24)9-13-19/h3-13,28H,1-2H3,(H,25,29). The van der Waals surface area contributed by atoms with Crippen molar-refractivity contribution in [3.05, 3.63) is 77.3 Å². The fourth-order valence-electron chi connectivity index (χ4n) is 3.16. The van der Waals surface area contributed by atoms with Crippen molar-refractivity contribution in [1.29, 1.82) is 0 Å². The lowest BCUT2D eigenvalue weighted by molar-refractivity contribution is -0.114. The van der Waals surface area contributed by atoms with Gasteiger partial charge in [-0.15, -0.1) is 0 Å². The summed E-state index contributed by atoms with van der Waals surface area (Å²) >= 11 is 5.82. The van der Waals surface area contributed by atoms with E-state index in [1.165, 1.54) is 31.2 Å². The molecule has 8 nitrogen and oxygen atoms in total. The molecule has 0 unspecified atom stereocenters. The first-order valence-corrected chi connectivity index (χ1v) is 11.7. The van der Waals surface area contributed by atoms with Crippen molar-refractivity contribution in [1.82, 2.24) is 10.1 Å². The minimum atomic E-state index is -3.75. The highest BCUT2D eigenvalue weighted by atomic mass is 35.5. The molecule has 10 heteroatoms. The number of carbonyl (C=O) groups excluding carboxylic acids is 1. The smallest absolute Gasteiger partial charge is 0.261 e. The SMILES string of the molecule is CC(=O)Nc1cccc(-c2nc(-c3ccc(NS(=O)(=O)c4ccc(Cl)cc4)cc3)no2)c1C. The van der Waals surface area contributed by atoms with Crippen LogP contribution in [0.3, 0.4) is 0 Å². The Morgan fingerprint density at radius 2 is 1.70 bits per heavy atom. The molecule has 1 amide bonds. The third kappa shape index (κ3) is 5.05. The molecule has 3 aromatic carbocycles. The molecule has 0 radical (unpaired) electrons. The number of halogens is 1. The van der Waals surface area contributed by atoms with E-state index in [9.17, 15) is 13.2 Å². The molecular weight excluding hydrogens is 464 g/mol. The maximum Gasteiger partial charge on any atom is 0.261 e. The van der Waals surface area contributed by atoms with Crippen LogP contribution in [0, 0.1) is 6.92 Å². The van der Waals surface area contributed by atoms with Crippen LogP contribution in [-0.2, 0) is 14.8 Å². The van der Waals surface area contributed by atoms with Crippen LogP contribution in [0.25, 0.3) is 22.8 Å². The van der Waals surface area contributed by atoms with Crippen LogP contribution in [0.4, 0.5) is 11.4 Å². The van der Waals surface area contributed by atoms with Crippen LogP contribution in [0.5, 0.6) is 0 Å². The van der Waals surface area contributed by atoms with Gasteiger partial charge < -0.3 is 9.84 Å². The lowest BCUT2D eigenvalue weighted by Crippen LogP contribution is -2.12. The highest BCUT2D eigenvalue weighted by molar-refractivity contribution is 7.92. The van der Waals surface area contributed by atoms with Crippen LogP contribution in [0.2, 0.25) is 5.02 Å². The molecule has 1 heterocycles. The molecule has 0 fully saturated rings. The predicted octanol–water partition coefficient (Wildman–Crippen LogP) is 5.12. The second-order valence-corrected chi connectivity index (χ2v) is 9.34. The lowest BCUT2D eigenvalue weighted by atomic mass is 10.1. The number of anilines is 2. The Kier molecular flexibility index (Phi) is 6.17. The molecular formula is C23H19ClN4O4S. The molecule has 0 saturated carbocycles. The number of nitrogens with one attached hydrogen (secondary N) is 2. The summed E-state index contributed by atoms with van der Waals surface area (Å²) in [7, 11) is -3.75. The zero-order chi connectivity index (χ0) is 23.6. The van der Waals surface area contributed by atoms with Crippen LogP contribution in [0.1, 0.15) is 12.5 Å². The molecule has 2 N–H and O–H groups in total. The molecule has 168 valence electrons. The quantitative estimate of drug-likeness (QED) is 0.394. The molecule has 33 heavy (non-hydrogen) atoms. The van der Waals surface area contributed by atoms with Crippen LogP contribution in [0.15, 0.2) is 76.1 Å². The number of carbonyl (C=O) groups is 1.